The van der Waals surface area contributed by atoms with E-state index in [1.54, 1.807) is 38.7 Å². The van der Waals surface area contributed by atoms with Crippen molar-refractivity contribution in [1.29, 1.82) is 0 Å². The second-order valence-corrected chi connectivity index (χ2v) is 7.96. The fourth-order valence-electron chi connectivity index (χ4n) is 1.82. The Kier molecular flexibility index (Phi) is 6.38. The number of nitrogens with one attached hydrogen (secondary N) is 1. The van der Waals surface area contributed by atoms with Gasteiger partial charge in [-0.05, 0) is 32.0 Å². The monoisotopic (exact) mass is 330 g/mol. The maximum Gasteiger partial charge on any atom is 0.321 e. The number of nitrogens with zero attached hydrogens (tertiary/aromatic N) is 1. The van der Waals surface area contributed by atoms with Gasteiger partial charge >= 0.3 is 6.03 Å². The normalized spacial score (nSPS) is 11.6. The van der Waals surface area contributed by atoms with Gasteiger partial charge in [-0.1, -0.05) is 25.4 Å². The molecule has 0 aromatic heterocycles. The average molecular weight is 331 g/mol. The van der Waals surface area contributed by atoms with Crippen LogP contribution in [0.15, 0.2) is 23.1 Å². The second-order valence-electron chi connectivity index (χ2n) is 5.91. The van der Waals surface area contributed by atoms with Crippen LogP contribution >= 0.6 is 23.4 Å². The lowest BCUT2D eigenvalue weighted by atomic mass is 10.1. The van der Waals surface area contributed by atoms with Crippen LogP contribution in [0.1, 0.15) is 27.7 Å². The highest BCUT2D eigenvalue weighted by Gasteiger charge is 2.20. The fourth-order valence-corrected chi connectivity index (χ4v) is 2.88. The van der Waals surface area contributed by atoms with E-state index >= 15 is 0 Å². The quantitative estimate of drug-likeness (QED) is 0.800. The van der Waals surface area contributed by atoms with Crippen LogP contribution in [0, 0.1) is 0 Å². The van der Waals surface area contributed by atoms with Crippen molar-refractivity contribution < 1.29 is 9.90 Å². The summed E-state index contributed by atoms with van der Waals surface area (Å²) in [4.78, 5) is 14.6. The first-order chi connectivity index (χ1) is 9.58. The molecule has 0 atom stereocenters. The Balaban J connectivity index is 2.86. The van der Waals surface area contributed by atoms with E-state index in [9.17, 15) is 9.90 Å². The van der Waals surface area contributed by atoms with Crippen LogP contribution in [-0.2, 0) is 0 Å². The zero-order chi connectivity index (χ0) is 16.2. The zero-order valence-corrected chi connectivity index (χ0v) is 14.7. The van der Waals surface area contributed by atoms with E-state index in [4.69, 9.17) is 11.6 Å². The molecule has 0 radical (unpaired) electrons. The molecule has 0 saturated heterocycles. The van der Waals surface area contributed by atoms with Gasteiger partial charge in [-0.2, -0.15) is 0 Å². The number of thioether (sulfide) groups is 1. The van der Waals surface area contributed by atoms with Gasteiger partial charge in [0, 0.05) is 22.2 Å². The van der Waals surface area contributed by atoms with Crippen molar-refractivity contribution >= 4 is 35.1 Å². The summed E-state index contributed by atoms with van der Waals surface area (Å²) in [5.74, 6) is 0. The minimum atomic E-state index is -0.935. The third-order valence-electron chi connectivity index (χ3n) is 2.52. The van der Waals surface area contributed by atoms with E-state index in [1.165, 1.54) is 4.90 Å². The van der Waals surface area contributed by atoms with Crippen molar-refractivity contribution in [3.63, 3.8) is 0 Å². The molecule has 2 N–H and O–H groups in total. The summed E-state index contributed by atoms with van der Waals surface area (Å²) in [6, 6.07) is 5.17. The SMILES string of the molecule is CC(C)Sc1ccc(Cl)cc1NC(=O)N(C)CC(C)(C)O. The van der Waals surface area contributed by atoms with Gasteiger partial charge in [0.1, 0.15) is 0 Å². The van der Waals surface area contributed by atoms with Crippen LogP contribution in [0.2, 0.25) is 5.02 Å². The van der Waals surface area contributed by atoms with Gasteiger partial charge in [-0.3, -0.25) is 0 Å². The van der Waals surface area contributed by atoms with Crippen molar-refractivity contribution in [3.05, 3.63) is 23.2 Å². The molecule has 0 aliphatic heterocycles. The van der Waals surface area contributed by atoms with E-state index in [2.05, 4.69) is 19.2 Å². The average Bonchev–Trinajstić information content (AvgIpc) is 2.30. The van der Waals surface area contributed by atoms with Gasteiger partial charge in [0.15, 0.2) is 0 Å². The summed E-state index contributed by atoms with van der Waals surface area (Å²) in [5, 5.41) is 13.6. The highest BCUT2D eigenvalue weighted by Crippen LogP contribution is 2.32. The number of carbonyl (C=O) groups excluding carboxylic acids is 1. The predicted octanol–water partition coefficient (Wildman–Crippen LogP) is 4.08. The standard InChI is InChI=1S/C15H23ClN2O2S/c1-10(2)21-13-7-6-11(16)8-12(13)17-14(19)18(5)9-15(3,4)20/h6-8,10,20H,9H2,1-5H3,(H,17,19). The lowest BCUT2D eigenvalue weighted by molar-refractivity contribution is 0.0550. The Morgan fingerprint density at radius 2 is 2.10 bits per heavy atom. The molecular formula is C15H23ClN2O2S. The van der Waals surface area contributed by atoms with Crippen LogP contribution in [0.25, 0.3) is 0 Å². The van der Waals surface area contributed by atoms with Gasteiger partial charge in [0.2, 0.25) is 0 Å². The van der Waals surface area contributed by atoms with Crippen LogP contribution < -0.4 is 5.32 Å². The van der Waals surface area contributed by atoms with E-state index in [1.807, 2.05) is 12.1 Å². The van der Waals surface area contributed by atoms with Crippen molar-refractivity contribution in [2.45, 2.75) is 43.4 Å². The molecule has 4 nitrogen and oxygen atoms in total. The molecule has 0 heterocycles. The second kappa shape index (κ2) is 7.38. The Labute approximate surface area is 135 Å². The summed E-state index contributed by atoms with van der Waals surface area (Å²) in [7, 11) is 1.65. The summed E-state index contributed by atoms with van der Waals surface area (Å²) < 4.78 is 0. The Morgan fingerprint density at radius 1 is 1.48 bits per heavy atom. The first kappa shape index (κ1) is 18.1. The lowest BCUT2D eigenvalue weighted by Crippen LogP contribution is -2.41. The number of anilines is 1. The number of aliphatic hydroxyl groups is 1. The number of likely N-dealkylation sites (N-methyl/N-ethyl adjacent to an activating group) is 1. The minimum Gasteiger partial charge on any atom is -0.389 e. The number of hydrogen-bond acceptors (Lipinski definition) is 3. The molecule has 0 aliphatic carbocycles. The van der Waals surface area contributed by atoms with Gasteiger partial charge in [-0.25, -0.2) is 4.79 Å². The number of rotatable bonds is 5. The molecule has 0 saturated carbocycles. The predicted molar refractivity (Wildman–Crippen MR) is 90.4 cm³/mol. The third kappa shape index (κ3) is 6.59. The van der Waals surface area contributed by atoms with Crippen molar-refractivity contribution in [3.8, 4) is 0 Å². The van der Waals surface area contributed by atoms with Gasteiger partial charge in [0.05, 0.1) is 17.8 Å². The van der Waals surface area contributed by atoms with Gasteiger partial charge in [-0.15, -0.1) is 11.8 Å². The molecule has 0 unspecified atom stereocenters. The highest BCUT2D eigenvalue weighted by molar-refractivity contribution is 8.00. The van der Waals surface area contributed by atoms with Crippen LogP contribution in [-0.4, -0.2) is 40.5 Å². The van der Waals surface area contributed by atoms with Gasteiger partial charge in [0.25, 0.3) is 0 Å². The van der Waals surface area contributed by atoms with Crippen LogP contribution in [0.5, 0.6) is 0 Å². The van der Waals surface area contributed by atoms with E-state index in [0.29, 0.717) is 16.0 Å². The Morgan fingerprint density at radius 3 is 2.62 bits per heavy atom. The molecule has 0 bridgehead atoms. The first-order valence-corrected chi connectivity index (χ1v) is 8.05. The fraction of sp³-hybridized carbons (Fsp3) is 0.533. The van der Waals surface area contributed by atoms with E-state index in [-0.39, 0.29) is 12.6 Å². The number of urea groups is 1. The van der Waals surface area contributed by atoms with Crippen LogP contribution in [0.3, 0.4) is 0 Å². The highest BCUT2D eigenvalue weighted by atomic mass is 35.5. The van der Waals surface area contributed by atoms with Crippen molar-refractivity contribution in [1.82, 2.24) is 4.90 Å². The Bertz CT molecular complexity index is 501. The molecule has 0 fully saturated rings. The van der Waals surface area contributed by atoms with E-state index < -0.39 is 5.60 Å². The van der Waals surface area contributed by atoms with Crippen LogP contribution in [0.4, 0.5) is 10.5 Å². The summed E-state index contributed by atoms with van der Waals surface area (Å²) >= 11 is 7.67. The number of amides is 2. The molecule has 1 rings (SSSR count). The zero-order valence-electron chi connectivity index (χ0n) is 13.1. The molecule has 118 valence electrons. The maximum absolute atomic E-state index is 12.2. The summed E-state index contributed by atoms with van der Waals surface area (Å²) in [5.41, 5.74) is -0.246. The Hall–Kier alpha value is -0.910. The molecular weight excluding hydrogens is 308 g/mol. The topological polar surface area (TPSA) is 52.6 Å². The molecule has 1 aromatic rings. The largest absolute Gasteiger partial charge is 0.389 e. The summed E-state index contributed by atoms with van der Waals surface area (Å²) in [6.45, 7) is 7.75. The van der Waals surface area contributed by atoms with E-state index in [0.717, 1.165) is 4.90 Å². The molecule has 0 aliphatic rings. The smallest absolute Gasteiger partial charge is 0.321 e. The molecule has 6 heteroatoms. The lowest BCUT2D eigenvalue weighted by Gasteiger charge is -2.26. The number of hydrogen-bond donors (Lipinski definition) is 2. The molecule has 2 amide bonds. The van der Waals surface area contributed by atoms with Crippen molar-refractivity contribution in [2.24, 2.45) is 0 Å². The van der Waals surface area contributed by atoms with Gasteiger partial charge < -0.3 is 15.3 Å². The third-order valence-corrected chi connectivity index (χ3v) is 3.83. The number of halogens is 1. The summed E-state index contributed by atoms with van der Waals surface area (Å²) in [6.07, 6.45) is 0. The van der Waals surface area contributed by atoms with Crippen molar-refractivity contribution in [2.75, 3.05) is 18.9 Å². The molecule has 1 aromatic carbocycles. The number of benzene rings is 1. The molecule has 21 heavy (non-hydrogen) atoms. The minimum absolute atomic E-state index is 0.242. The maximum atomic E-state index is 12.2. The first-order valence-electron chi connectivity index (χ1n) is 6.79. The number of carbonyl (C=O) groups is 1. The molecule has 0 spiro atoms.